The second-order valence-electron chi connectivity index (χ2n) is 6.01. The molecule has 2 heterocycles. The number of benzene rings is 2. The monoisotopic (exact) mass is 334 g/mol. The minimum Gasteiger partial charge on any atom is -0.229 e. The summed E-state index contributed by atoms with van der Waals surface area (Å²) in [7, 11) is 0. The van der Waals surface area contributed by atoms with Crippen molar-refractivity contribution in [3.05, 3.63) is 107 Å². The lowest BCUT2D eigenvalue weighted by atomic mass is 10.1. The number of aromatic nitrogens is 2. The van der Waals surface area contributed by atoms with Crippen LogP contribution in [-0.4, -0.2) is 9.97 Å². The van der Waals surface area contributed by atoms with E-state index in [4.69, 9.17) is 0 Å². The predicted octanol–water partition coefficient (Wildman–Crippen LogP) is 5.97. The van der Waals surface area contributed by atoms with E-state index >= 15 is 0 Å². The van der Waals surface area contributed by atoms with Gasteiger partial charge in [0.25, 0.3) is 0 Å². The molecule has 2 heteroatoms. The van der Waals surface area contributed by atoms with Gasteiger partial charge in [-0.15, -0.1) is 0 Å². The van der Waals surface area contributed by atoms with Gasteiger partial charge in [-0.2, -0.15) is 0 Å². The maximum atomic E-state index is 4.67. The van der Waals surface area contributed by atoms with E-state index in [2.05, 4.69) is 58.5 Å². The second-order valence-corrected chi connectivity index (χ2v) is 6.01. The average Bonchev–Trinajstić information content (AvgIpc) is 2.72. The molecular formula is C24H18N2. The van der Waals surface area contributed by atoms with E-state index in [9.17, 15) is 0 Å². The van der Waals surface area contributed by atoms with Gasteiger partial charge in [-0.3, -0.25) is 0 Å². The molecule has 26 heavy (non-hydrogen) atoms. The molecule has 4 rings (SSSR count). The van der Waals surface area contributed by atoms with Gasteiger partial charge in [-0.05, 0) is 47.5 Å². The van der Waals surface area contributed by atoms with Crippen molar-refractivity contribution in [3.63, 3.8) is 0 Å². The zero-order chi connectivity index (χ0) is 17.6. The smallest absolute Gasteiger partial charge is 0.160 e. The summed E-state index contributed by atoms with van der Waals surface area (Å²) in [4.78, 5) is 9.35. The zero-order valence-corrected chi connectivity index (χ0v) is 14.3. The van der Waals surface area contributed by atoms with Gasteiger partial charge in [0.1, 0.15) is 0 Å². The van der Waals surface area contributed by atoms with E-state index in [0.29, 0.717) is 0 Å². The molecule has 0 unspecified atom stereocenters. The van der Waals surface area contributed by atoms with Gasteiger partial charge in [-0.25, -0.2) is 9.97 Å². The first kappa shape index (κ1) is 16.0. The summed E-state index contributed by atoms with van der Waals surface area (Å²) in [5, 5.41) is 1.04. The topological polar surface area (TPSA) is 25.8 Å². The summed E-state index contributed by atoms with van der Waals surface area (Å²) < 4.78 is 0. The van der Waals surface area contributed by atoms with Gasteiger partial charge < -0.3 is 0 Å². The van der Waals surface area contributed by atoms with E-state index in [1.165, 1.54) is 0 Å². The van der Waals surface area contributed by atoms with Crippen molar-refractivity contribution in [2.45, 2.75) is 0 Å². The molecule has 0 fully saturated rings. The Morgan fingerprint density at radius 3 is 1.38 bits per heavy atom. The van der Waals surface area contributed by atoms with E-state index in [-0.39, 0.29) is 0 Å². The Morgan fingerprint density at radius 1 is 0.462 bits per heavy atom. The zero-order valence-electron chi connectivity index (χ0n) is 14.3. The SMILES string of the molecule is C(=C\c1ccc2ccc(/C=C/c3ccccc3)nc2n1)/c1ccccc1. The van der Waals surface area contributed by atoms with Gasteiger partial charge in [-0.1, -0.05) is 72.8 Å². The Hall–Kier alpha value is -3.52. The Labute approximate surface area is 153 Å². The molecule has 124 valence electrons. The molecule has 0 N–H and O–H groups in total. The molecular weight excluding hydrogens is 316 g/mol. The fraction of sp³-hybridized carbons (Fsp3) is 0. The highest BCUT2D eigenvalue weighted by Crippen LogP contribution is 2.15. The molecule has 0 bridgehead atoms. The maximum absolute atomic E-state index is 4.67. The molecule has 0 spiro atoms. The summed E-state index contributed by atoms with van der Waals surface area (Å²) in [6.45, 7) is 0. The third kappa shape index (κ3) is 3.93. The lowest BCUT2D eigenvalue weighted by Gasteiger charge is -2.01. The molecule has 0 aliphatic rings. The fourth-order valence-corrected chi connectivity index (χ4v) is 2.71. The Bertz CT molecular complexity index is 981. The summed E-state index contributed by atoms with van der Waals surface area (Å²) in [5.74, 6) is 0. The fourth-order valence-electron chi connectivity index (χ4n) is 2.71. The number of hydrogen-bond donors (Lipinski definition) is 0. The highest BCUT2D eigenvalue weighted by molar-refractivity contribution is 5.80. The van der Waals surface area contributed by atoms with Crippen LogP contribution in [0.3, 0.4) is 0 Å². The van der Waals surface area contributed by atoms with Crippen molar-refractivity contribution in [2.75, 3.05) is 0 Å². The molecule has 0 atom stereocenters. The van der Waals surface area contributed by atoms with Crippen LogP contribution in [-0.2, 0) is 0 Å². The minimum atomic E-state index is 0.760. The largest absolute Gasteiger partial charge is 0.229 e. The standard InChI is InChI=1S/C24H18N2/c1-3-7-19(8-4-1)11-15-22-17-13-21-14-18-23(26-24(21)25-22)16-12-20-9-5-2-6-10-20/h1-18H/b15-11+,16-12+. The number of fused-ring (bicyclic) bond motifs is 1. The van der Waals surface area contributed by atoms with Crippen molar-refractivity contribution in [3.8, 4) is 0 Å². The van der Waals surface area contributed by atoms with Crippen LogP contribution in [0, 0.1) is 0 Å². The van der Waals surface area contributed by atoms with Crippen LogP contribution in [0.1, 0.15) is 22.5 Å². The van der Waals surface area contributed by atoms with E-state index < -0.39 is 0 Å². The van der Waals surface area contributed by atoms with E-state index in [1.807, 2.05) is 60.7 Å². The molecule has 0 saturated carbocycles. The molecule has 2 aromatic carbocycles. The summed E-state index contributed by atoms with van der Waals surface area (Å²) in [6, 6.07) is 28.6. The molecule has 0 radical (unpaired) electrons. The maximum Gasteiger partial charge on any atom is 0.160 e. The molecule has 0 saturated heterocycles. The van der Waals surface area contributed by atoms with Gasteiger partial charge in [0.2, 0.25) is 0 Å². The number of nitrogens with zero attached hydrogens (tertiary/aromatic N) is 2. The van der Waals surface area contributed by atoms with Crippen molar-refractivity contribution in [1.82, 2.24) is 9.97 Å². The molecule has 4 aromatic rings. The number of pyridine rings is 2. The van der Waals surface area contributed by atoms with E-state index in [1.54, 1.807) is 0 Å². The average molecular weight is 334 g/mol. The third-order valence-electron chi connectivity index (χ3n) is 4.09. The van der Waals surface area contributed by atoms with Crippen molar-refractivity contribution < 1.29 is 0 Å². The summed E-state index contributed by atoms with van der Waals surface area (Å²) >= 11 is 0. The normalized spacial score (nSPS) is 11.5. The summed E-state index contributed by atoms with van der Waals surface area (Å²) in [6.07, 6.45) is 8.16. The number of rotatable bonds is 4. The molecule has 2 aromatic heterocycles. The Kier molecular flexibility index (Phi) is 4.66. The molecule has 0 aliphatic heterocycles. The lowest BCUT2D eigenvalue weighted by Crippen LogP contribution is -1.89. The Morgan fingerprint density at radius 2 is 0.923 bits per heavy atom. The van der Waals surface area contributed by atoms with Crippen LogP contribution >= 0.6 is 0 Å². The molecule has 2 nitrogen and oxygen atoms in total. The Balaban J connectivity index is 1.60. The van der Waals surface area contributed by atoms with Gasteiger partial charge in [0, 0.05) is 5.39 Å². The van der Waals surface area contributed by atoms with Crippen LogP contribution in [0.25, 0.3) is 35.3 Å². The van der Waals surface area contributed by atoms with Crippen LogP contribution in [0.4, 0.5) is 0 Å². The van der Waals surface area contributed by atoms with E-state index in [0.717, 1.165) is 33.5 Å². The summed E-state index contributed by atoms with van der Waals surface area (Å²) in [5.41, 5.74) is 4.87. The van der Waals surface area contributed by atoms with Crippen molar-refractivity contribution in [1.29, 1.82) is 0 Å². The second kappa shape index (κ2) is 7.58. The first-order chi connectivity index (χ1) is 12.9. The highest BCUT2D eigenvalue weighted by atomic mass is 14.9. The molecule has 0 aliphatic carbocycles. The third-order valence-corrected chi connectivity index (χ3v) is 4.09. The van der Waals surface area contributed by atoms with Crippen LogP contribution in [0.5, 0.6) is 0 Å². The number of hydrogen-bond acceptors (Lipinski definition) is 2. The van der Waals surface area contributed by atoms with Crippen LogP contribution < -0.4 is 0 Å². The van der Waals surface area contributed by atoms with Crippen molar-refractivity contribution >= 4 is 35.3 Å². The van der Waals surface area contributed by atoms with Crippen molar-refractivity contribution in [2.24, 2.45) is 0 Å². The molecule has 0 amide bonds. The van der Waals surface area contributed by atoms with Crippen LogP contribution in [0.15, 0.2) is 84.9 Å². The highest BCUT2D eigenvalue weighted by Gasteiger charge is 1.99. The van der Waals surface area contributed by atoms with Crippen LogP contribution in [0.2, 0.25) is 0 Å². The quantitative estimate of drug-likeness (QED) is 0.459. The predicted molar refractivity (Wildman–Crippen MR) is 110 cm³/mol. The first-order valence-electron chi connectivity index (χ1n) is 8.61. The first-order valence-corrected chi connectivity index (χ1v) is 8.61. The van der Waals surface area contributed by atoms with Gasteiger partial charge in [0.15, 0.2) is 5.65 Å². The minimum absolute atomic E-state index is 0.760. The van der Waals surface area contributed by atoms with Gasteiger partial charge >= 0.3 is 0 Å². The lowest BCUT2D eigenvalue weighted by molar-refractivity contribution is 1.25. The van der Waals surface area contributed by atoms with Gasteiger partial charge in [0.05, 0.1) is 11.4 Å².